The van der Waals surface area contributed by atoms with Gasteiger partial charge < -0.3 is 18.9 Å². The van der Waals surface area contributed by atoms with Gasteiger partial charge in [-0.2, -0.15) is 0 Å². The smallest absolute Gasteiger partial charge is 0.457 e. The monoisotopic (exact) mass is 620 g/mol. The van der Waals surface area contributed by atoms with Crippen LogP contribution in [0, 0.1) is 0 Å². The maximum absolute atomic E-state index is 12.5. The van der Waals surface area contributed by atoms with Crippen LogP contribution in [0.4, 0.5) is 0 Å². The van der Waals surface area contributed by atoms with Crippen LogP contribution in [0.3, 0.4) is 0 Å². The number of likely N-dealkylation sites (N-methyl/N-ethyl adjacent to an activating group) is 1. The van der Waals surface area contributed by atoms with Crippen molar-refractivity contribution in [3.05, 3.63) is 12.2 Å². The number of carbonyl (C=O) groups excluding carboxylic acids is 1. The molecule has 0 aliphatic carbocycles. The molecule has 250 valence electrons. The molecule has 0 aromatic rings. The number of rotatable bonds is 31. The number of hydrogen-bond acceptors (Lipinski definition) is 6. The van der Waals surface area contributed by atoms with Crippen LogP contribution in [0.15, 0.2) is 12.2 Å². The molecular formula is C33H67NO7P+. The van der Waals surface area contributed by atoms with Crippen LogP contribution in [0.2, 0.25) is 0 Å². The quantitative estimate of drug-likeness (QED) is 0.0272. The lowest BCUT2D eigenvalue weighted by Gasteiger charge is -2.24. The Hall–Kier alpha value is -0.760. The summed E-state index contributed by atoms with van der Waals surface area (Å²) in [5, 5.41) is 0. The Balaban J connectivity index is 4.30. The first-order valence-electron chi connectivity index (χ1n) is 16.9. The molecule has 0 saturated heterocycles. The summed E-state index contributed by atoms with van der Waals surface area (Å²) >= 11 is 0. The number of esters is 1. The van der Waals surface area contributed by atoms with E-state index in [4.69, 9.17) is 18.5 Å². The molecule has 0 fully saturated rings. The minimum atomic E-state index is -4.25. The molecule has 9 heteroatoms. The van der Waals surface area contributed by atoms with E-state index < -0.39 is 13.9 Å². The molecule has 0 spiro atoms. The van der Waals surface area contributed by atoms with Crippen molar-refractivity contribution in [3.63, 3.8) is 0 Å². The van der Waals surface area contributed by atoms with Gasteiger partial charge >= 0.3 is 13.8 Å². The molecule has 2 atom stereocenters. The highest BCUT2D eigenvalue weighted by Gasteiger charge is 2.26. The average Bonchev–Trinajstić information content (AvgIpc) is 2.92. The SMILES string of the molecule is CCCCC/C=C\CCCCCCCCOCC(COP(=O)(O)OCC[N+](C)(C)C)OC(=O)CCCCCCCCC. The Bertz CT molecular complexity index is 696. The standard InChI is InChI=1S/C33H66NO7P/c1-6-8-10-12-14-15-16-17-18-19-21-23-25-28-38-30-32(31-40-42(36,37)39-29-27-34(3,4)5)41-33(35)26-24-22-20-13-11-9-7-2/h14-15,32H,6-13,16-31H2,1-5H3/p+1/b15-14-. The van der Waals surface area contributed by atoms with E-state index in [9.17, 15) is 14.3 Å². The van der Waals surface area contributed by atoms with Gasteiger partial charge in [-0.25, -0.2) is 4.57 Å². The Kier molecular flexibility index (Phi) is 27.3. The minimum Gasteiger partial charge on any atom is -0.457 e. The lowest BCUT2D eigenvalue weighted by atomic mass is 10.1. The van der Waals surface area contributed by atoms with Crippen LogP contribution in [0.1, 0.15) is 136 Å². The fourth-order valence-electron chi connectivity index (χ4n) is 4.37. The van der Waals surface area contributed by atoms with Crippen molar-refractivity contribution in [2.75, 3.05) is 54.1 Å². The maximum Gasteiger partial charge on any atom is 0.472 e. The summed E-state index contributed by atoms with van der Waals surface area (Å²) in [4.78, 5) is 22.5. The molecule has 42 heavy (non-hydrogen) atoms. The largest absolute Gasteiger partial charge is 0.472 e. The molecule has 0 rings (SSSR count). The molecule has 0 heterocycles. The summed E-state index contributed by atoms with van der Waals surface area (Å²) in [6.07, 6.45) is 25.3. The van der Waals surface area contributed by atoms with E-state index in [0.717, 1.165) is 32.1 Å². The predicted octanol–water partition coefficient (Wildman–Crippen LogP) is 8.76. The summed E-state index contributed by atoms with van der Waals surface area (Å²) < 4.78 is 34.6. The minimum absolute atomic E-state index is 0.0895. The lowest BCUT2D eigenvalue weighted by molar-refractivity contribution is -0.870. The number of allylic oxidation sites excluding steroid dienone is 2. The molecule has 0 aromatic carbocycles. The van der Waals surface area contributed by atoms with Gasteiger partial charge in [0, 0.05) is 13.0 Å². The molecule has 0 aliphatic heterocycles. The number of phosphoric acid groups is 1. The Morgan fingerprint density at radius 2 is 1.24 bits per heavy atom. The van der Waals surface area contributed by atoms with E-state index in [-0.39, 0.29) is 25.8 Å². The van der Waals surface area contributed by atoms with E-state index in [1.165, 1.54) is 83.5 Å². The van der Waals surface area contributed by atoms with Crippen molar-refractivity contribution >= 4 is 13.8 Å². The van der Waals surface area contributed by atoms with E-state index in [2.05, 4.69) is 26.0 Å². The second-order valence-electron chi connectivity index (χ2n) is 12.5. The summed E-state index contributed by atoms with van der Waals surface area (Å²) in [5.74, 6) is -0.324. The second-order valence-corrected chi connectivity index (χ2v) is 14.0. The number of phosphoric ester groups is 1. The summed E-state index contributed by atoms with van der Waals surface area (Å²) in [5.41, 5.74) is 0. The lowest BCUT2D eigenvalue weighted by Crippen LogP contribution is -2.37. The summed E-state index contributed by atoms with van der Waals surface area (Å²) in [6.45, 7) is 5.53. The van der Waals surface area contributed by atoms with E-state index >= 15 is 0 Å². The van der Waals surface area contributed by atoms with Crippen molar-refractivity contribution in [3.8, 4) is 0 Å². The number of carbonyl (C=O) groups is 1. The van der Waals surface area contributed by atoms with Crippen molar-refractivity contribution in [2.45, 2.75) is 142 Å². The third kappa shape index (κ3) is 30.7. The van der Waals surface area contributed by atoms with Gasteiger partial charge in [0.05, 0.1) is 34.4 Å². The summed E-state index contributed by atoms with van der Waals surface area (Å²) in [6, 6.07) is 0. The molecule has 8 nitrogen and oxygen atoms in total. The van der Waals surface area contributed by atoms with Gasteiger partial charge in [0.1, 0.15) is 19.3 Å². The fraction of sp³-hybridized carbons (Fsp3) is 0.909. The Labute approximate surface area is 259 Å². The highest BCUT2D eigenvalue weighted by molar-refractivity contribution is 7.47. The van der Waals surface area contributed by atoms with Gasteiger partial charge in [-0.15, -0.1) is 0 Å². The number of quaternary nitrogens is 1. The zero-order valence-electron chi connectivity index (χ0n) is 28.0. The van der Waals surface area contributed by atoms with Gasteiger partial charge in [0.2, 0.25) is 0 Å². The number of ether oxygens (including phenoxy) is 2. The van der Waals surface area contributed by atoms with E-state index in [0.29, 0.717) is 24.1 Å². The van der Waals surface area contributed by atoms with Crippen molar-refractivity contribution < 1.29 is 37.3 Å². The van der Waals surface area contributed by atoms with Gasteiger partial charge in [0.25, 0.3) is 0 Å². The number of hydrogen-bond donors (Lipinski definition) is 1. The highest BCUT2D eigenvalue weighted by Crippen LogP contribution is 2.43. The first kappa shape index (κ1) is 41.2. The third-order valence-electron chi connectivity index (χ3n) is 7.08. The highest BCUT2D eigenvalue weighted by atomic mass is 31.2. The van der Waals surface area contributed by atoms with E-state index in [1.807, 2.05) is 21.1 Å². The average molecular weight is 621 g/mol. The molecule has 2 unspecified atom stereocenters. The summed E-state index contributed by atoms with van der Waals surface area (Å²) in [7, 11) is 1.66. The van der Waals surface area contributed by atoms with Crippen LogP contribution in [-0.4, -0.2) is 75.6 Å². The topological polar surface area (TPSA) is 91.3 Å². The third-order valence-corrected chi connectivity index (χ3v) is 8.06. The first-order chi connectivity index (χ1) is 20.1. The van der Waals surface area contributed by atoms with Crippen molar-refractivity contribution in [1.82, 2.24) is 0 Å². The Morgan fingerprint density at radius 1 is 0.714 bits per heavy atom. The zero-order valence-corrected chi connectivity index (χ0v) is 28.9. The van der Waals surface area contributed by atoms with Crippen LogP contribution in [0.25, 0.3) is 0 Å². The first-order valence-corrected chi connectivity index (χ1v) is 18.4. The fourth-order valence-corrected chi connectivity index (χ4v) is 5.11. The predicted molar refractivity (Wildman–Crippen MR) is 174 cm³/mol. The normalized spacial score (nSPS) is 14.3. The van der Waals surface area contributed by atoms with Crippen molar-refractivity contribution in [2.24, 2.45) is 0 Å². The van der Waals surface area contributed by atoms with Crippen molar-refractivity contribution in [1.29, 1.82) is 0 Å². The maximum atomic E-state index is 12.5. The van der Waals surface area contributed by atoms with Gasteiger partial charge in [-0.05, 0) is 38.5 Å². The molecule has 0 bridgehead atoms. The number of unbranched alkanes of at least 4 members (excludes halogenated alkanes) is 15. The van der Waals surface area contributed by atoms with Crippen LogP contribution in [0.5, 0.6) is 0 Å². The molecular weight excluding hydrogens is 553 g/mol. The second kappa shape index (κ2) is 27.8. The van der Waals surface area contributed by atoms with Gasteiger partial charge in [-0.3, -0.25) is 13.8 Å². The Morgan fingerprint density at radius 3 is 1.86 bits per heavy atom. The molecule has 0 amide bonds. The van der Waals surface area contributed by atoms with Gasteiger partial charge in [0.15, 0.2) is 0 Å². The van der Waals surface area contributed by atoms with Crippen LogP contribution < -0.4 is 0 Å². The number of nitrogens with zero attached hydrogens (tertiary/aromatic N) is 1. The molecule has 0 saturated carbocycles. The molecule has 0 radical (unpaired) electrons. The molecule has 0 aromatic heterocycles. The molecule has 1 N–H and O–H groups in total. The van der Waals surface area contributed by atoms with Gasteiger partial charge in [-0.1, -0.05) is 103 Å². The van der Waals surface area contributed by atoms with Crippen LogP contribution in [-0.2, 0) is 27.9 Å². The zero-order chi connectivity index (χ0) is 31.4. The van der Waals surface area contributed by atoms with E-state index in [1.54, 1.807) is 0 Å². The van der Waals surface area contributed by atoms with Crippen LogP contribution >= 0.6 is 7.82 Å². The molecule has 0 aliphatic rings.